The summed E-state index contributed by atoms with van der Waals surface area (Å²) in [5, 5.41) is 12.0. The topological polar surface area (TPSA) is 58.6 Å². The summed E-state index contributed by atoms with van der Waals surface area (Å²) in [5.41, 5.74) is -0.473. The SMILES string of the molecule is CC(C)(C)OC(=O)NC1CC[CH]CC1CO. The summed E-state index contributed by atoms with van der Waals surface area (Å²) in [5.74, 6) is 0.126. The van der Waals surface area contributed by atoms with E-state index < -0.39 is 11.7 Å². The molecule has 1 aliphatic carbocycles. The summed E-state index contributed by atoms with van der Waals surface area (Å²) in [7, 11) is 0. The molecule has 0 bridgehead atoms. The number of hydrogen-bond acceptors (Lipinski definition) is 3. The normalized spacial score (nSPS) is 26.2. The van der Waals surface area contributed by atoms with E-state index >= 15 is 0 Å². The maximum Gasteiger partial charge on any atom is 0.407 e. The number of aliphatic hydroxyl groups excluding tert-OH is 1. The fourth-order valence-electron chi connectivity index (χ4n) is 1.88. The van der Waals surface area contributed by atoms with Crippen LogP contribution in [0.2, 0.25) is 0 Å². The van der Waals surface area contributed by atoms with Crippen molar-refractivity contribution in [2.24, 2.45) is 5.92 Å². The van der Waals surface area contributed by atoms with Crippen molar-refractivity contribution in [2.45, 2.75) is 51.7 Å². The molecule has 2 N–H and O–H groups in total. The average Bonchev–Trinajstić information content (AvgIpc) is 2.15. The van der Waals surface area contributed by atoms with E-state index in [-0.39, 0.29) is 18.6 Å². The van der Waals surface area contributed by atoms with Crippen molar-refractivity contribution in [1.82, 2.24) is 5.32 Å². The number of rotatable bonds is 2. The van der Waals surface area contributed by atoms with Crippen LogP contribution in [0.25, 0.3) is 0 Å². The molecule has 1 fully saturated rings. The summed E-state index contributed by atoms with van der Waals surface area (Å²) in [6.07, 6.45) is 4.49. The number of ether oxygens (including phenoxy) is 1. The molecule has 93 valence electrons. The third-order valence-electron chi connectivity index (χ3n) is 2.66. The molecular formula is C12H22NO3. The predicted octanol–water partition coefficient (Wildman–Crippen LogP) is 1.88. The zero-order valence-corrected chi connectivity index (χ0v) is 10.3. The highest BCUT2D eigenvalue weighted by Crippen LogP contribution is 2.23. The Morgan fingerprint density at radius 2 is 2.25 bits per heavy atom. The van der Waals surface area contributed by atoms with Crippen LogP contribution in [-0.2, 0) is 4.74 Å². The van der Waals surface area contributed by atoms with Gasteiger partial charge in [0.15, 0.2) is 0 Å². The van der Waals surface area contributed by atoms with Crippen molar-refractivity contribution in [2.75, 3.05) is 6.61 Å². The van der Waals surface area contributed by atoms with E-state index in [2.05, 4.69) is 11.7 Å². The van der Waals surface area contributed by atoms with Gasteiger partial charge >= 0.3 is 6.09 Å². The van der Waals surface area contributed by atoms with E-state index in [1.54, 1.807) is 0 Å². The number of aliphatic hydroxyl groups is 1. The number of carbonyl (C=O) groups excluding carboxylic acids is 1. The Bertz CT molecular complexity index is 235. The van der Waals surface area contributed by atoms with E-state index in [1.807, 2.05) is 20.8 Å². The van der Waals surface area contributed by atoms with Crippen LogP contribution in [0, 0.1) is 12.3 Å². The minimum absolute atomic E-state index is 0.0323. The maximum absolute atomic E-state index is 11.6. The molecule has 0 aromatic carbocycles. The predicted molar refractivity (Wildman–Crippen MR) is 61.9 cm³/mol. The van der Waals surface area contributed by atoms with Crippen LogP contribution in [0.4, 0.5) is 4.79 Å². The monoisotopic (exact) mass is 228 g/mol. The van der Waals surface area contributed by atoms with Crippen molar-refractivity contribution in [3.63, 3.8) is 0 Å². The Morgan fingerprint density at radius 3 is 2.81 bits per heavy atom. The lowest BCUT2D eigenvalue weighted by Gasteiger charge is -2.31. The van der Waals surface area contributed by atoms with E-state index in [0.717, 1.165) is 19.3 Å². The third kappa shape index (κ3) is 4.39. The van der Waals surface area contributed by atoms with Crippen molar-refractivity contribution in [1.29, 1.82) is 0 Å². The minimum atomic E-state index is -0.473. The molecule has 0 aromatic rings. The van der Waals surface area contributed by atoms with E-state index in [4.69, 9.17) is 4.74 Å². The molecule has 1 saturated carbocycles. The molecule has 4 nitrogen and oxygen atoms in total. The second-order valence-electron chi connectivity index (χ2n) is 5.30. The summed E-state index contributed by atoms with van der Waals surface area (Å²) in [6, 6.07) is 0.0323. The van der Waals surface area contributed by atoms with Crippen molar-refractivity contribution < 1.29 is 14.6 Å². The molecule has 0 aliphatic heterocycles. The number of amides is 1. The van der Waals surface area contributed by atoms with Gasteiger partial charge in [-0.3, -0.25) is 0 Å². The smallest absolute Gasteiger partial charge is 0.407 e. The standard InChI is InChI=1S/C12H22NO3/c1-12(2,3)16-11(15)13-10-7-5-4-6-9(10)8-14/h4,9-10,14H,5-8H2,1-3H3,(H,13,15). The second-order valence-corrected chi connectivity index (χ2v) is 5.30. The molecule has 1 radical (unpaired) electrons. The molecule has 1 amide bonds. The Morgan fingerprint density at radius 1 is 1.56 bits per heavy atom. The van der Waals surface area contributed by atoms with Crippen molar-refractivity contribution in [3.8, 4) is 0 Å². The first-order valence-corrected chi connectivity index (χ1v) is 5.84. The van der Waals surface area contributed by atoms with Gasteiger partial charge in [0, 0.05) is 18.6 Å². The zero-order chi connectivity index (χ0) is 12.2. The molecule has 0 spiro atoms. The molecule has 4 heteroatoms. The Hall–Kier alpha value is -0.770. The van der Waals surface area contributed by atoms with Crippen LogP contribution in [0.15, 0.2) is 0 Å². The van der Waals surface area contributed by atoms with Gasteiger partial charge in [-0.05, 0) is 46.5 Å². The quantitative estimate of drug-likeness (QED) is 0.758. The van der Waals surface area contributed by atoms with Gasteiger partial charge in [-0.2, -0.15) is 0 Å². The Kier molecular flexibility index (Phi) is 4.59. The first kappa shape index (κ1) is 13.3. The van der Waals surface area contributed by atoms with E-state index in [0.29, 0.717) is 0 Å². The first-order valence-electron chi connectivity index (χ1n) is 5.84. The molecule has 1 rings (SSSR count). The zero-order valence-electron chi connectivity index (χ0n) is 10.3. The maximum atomic E-state index is 11.6. The Labute approximate surface area is 97.4 Å². The second kappa shape index (κ2) is 5.53. The van der Waals surface area contributed by atoms with Crippen LogP contribution in [-0.4, -0.2) is 29.4 Å². The van der Waals surface area contributed by atoms with Gasteiger partial charge in [0.05, 0.1) is 0 Å². The van der Waals surface area contributed by atoms with E-state index in [9.17, 15) is 9.90 Å². The molecule has 16 heavy (non-hydrogen) atoms. The van der Waals surface area contributed by atoms with Crippen LogP contribution in [0.5, 0.6) is 0 Å². The molecule has 1 aliphatic rings. The minimum Gasteiger partial charge on any atom is -0.444 e. The molecular weight excluding hydrogens is 206 g/mol. The highest BCUT2D eigenvalue weighted by Gasteiger charge is 2.27. The van der Waals surface area contributed by atoms with Gasteiger partial charge < -0.3 is 15.2 Å². The van der Waals surface area contributed by atoms with Crippen LogP contribution in [0.3, 0.4) is 0 Å². The van der Waals surface area contributed by atoms with Gasteiger partial charge in [-0.1, -0.05) is 0 Å². The fraction of sp³-hybridized carbons (Fsp3) is 0.833. The van der Waals surface area contributed by atoms with Crippen molar-refractivity contribution in [3.05, 3.63) is 6.42 Å². The fourth-order valence-corrected chi connectivity index (χ4v) is 1.88. The molecule has 2 atom stereocenters. The number of hydrogen-bond donors (Lipinski definition) is 2. The van der Waals surface area contributed by atoms with Gasteiger partial charge in [0.2, 0.25) is 0 Å². The van der Waals surface area contributed by atoms with Gasteiger partial charge in [-0.25, -0.2) is 4.79 Å². The molecule has 2 unspecified atom stereocenters. The summed E-state index contributed by atoms with van der Waals surface area (Å²) in [6.45, 7) is 5.62. The molecule has 0 saturated heterocycles. The number of nitrogens with one attached hydrogen (secondary N) is 1. The lowest BCUT2D eigenvalue weighted by Crippen LogP contribution is -2.45. The first-order chi connectivity index (χ1) is 7.42. The lowest BCUT2D eigenvalue weighted by atomic mass is 9.85. The average molecular weight is 228 g/mol. The number of carbonyl (C=O) groups is 1. The number of alkyl carbamates (subject to hydrolysis) is 1. The highest BCUT2D eigenvalue weighted by molar-refractivity contribution is 5.68. The third-order valence-corrected chi connectivity index (χ3v) is 2.66. The van der Waals surface area contributed by atoms with Crippen LogP contribution in [0.1, 0.15) is 40.0 Å². The summed E-state index contributed by atoms with van der Waals surface area (Å²) < 4.78 is 5.19. The summed E-state index contributed by atoms with van der Waals surface area (Å²) in [4.78, 5) is 11.6. The highest BCUT2D eigenvalue weighted by atomic mass is 16.6. The summed E-state index contributed by atoms with van der Waals surface area (Å²) >= 11 is 0. The van der Waals surface area contributed by atoms with Gasteiger partial charge in [0.1, 0.15) is 5.60 Å². The van der Waals surface area contributed by atoms with Crippen LogP contribution >= 0.6 is 0 Å². The van der Waals surface area contributed by atoms with Gasteiger partial charge in [0.25, 0.3) is 0 Å². The lowest BCUT2D eigenvalue weighted by molar-refractivity contribution is 0.0456. The van der Waals surface area contributed by atoms with Crippen molar-refractivity contribution >= 4 is 6.09 Å². The van der Waals surface area contributed by atoms with Crippen LogP contribution < -0.4 is 5.32 Å². The van der Waals surface area contributed by atoms with Gasteiger partial charge in [-0.15, -0.1) is 0 Å². The largest absolute Gasteiger partial charge is 0.444 e. The van der Waals surface area contributed by atoms with E-state index in [1.165, 1.54) is 0 Å². The Balaban J connectivity index is 2.42. The molecule has 0 aromatic heterocycles. The molecule has 0 heterocycles.